The molecule has 1 aliphatic carbocycles. The van der Waals surface area contributed by atoms with E-state index in [1.807, 2.05) is 79.7 Å². The van der Waals surface area contributed by atoms with Gasteiger partial charge in [0.2, 0.25) is 11.8 Å². The van der Waals surface area contributed by atoms with E-state index in [4.69, 9.17) is 4.74 Å². The third-order valence-corrected chi connectivity index (χ3v) is 5.35. The third-order valence-electron chi connectivity index (χ3n) is 5.35. The summed E-state index contributed by atoms with van der Waals surface area (Å²) in [5, 5.41) is 9.00. The highest BCUT2D eigenvalue weighted by Crippen LogP contribution is 2.31. The van der Waals surface area contributed by atoms with Gasteiger partial charge in [0, 0.05) is 29.0 Å². The van der Waals surface area contributed by atoms with Crippen LogP contribution in [0.3, 0.4) is 0 Å². The lowest BCUT2D eigenvalue weighted by Crippen LogP contribution is -2.22. The van der Waals surface area contributed by atoms with Crippen molar-refractivity contribution in [3.8, 4) is 5.75 Å². The molecule has 0 heterocycles. The van der Waals surface area contributed by atoms with Gasteiger partial charge in [-0.2, -0.15) is 0 Å². The van der Waals surface area contributed by atoms with Crippen LogP contribution in [0.25, 0.3) is 0 Å². The van der Waals surface area contributed by atoms with Crippen LogP contribution in [0.2, 0.25) is 0 Å². The van der Waals surface area contributed by atoms with Crippen molar-refractivity contribution < 1.29 is 14.3 Å². The lowest BCUT2D eigenvalue weighted by Gasteiger charge is -2.14. The van der Waals surface area contributed by atoms with Crippen molar-refractivity contribution in [2.24, 2.45) is 5.92 Å². The largest absolute Gasteiger partial charge is 0.489 e. The normalized spacial score (nSPS) is 12.7. The molecule has 32 heavy (non-hydrogen) atoms. The quantitative estimate of drug-likeness (QED) is 0.449. The molecule has 1 saturated carbocycles. The molecule has 0 radical (unpaired) electrons. The Kier molecular flexibility index (Phi) is 6.70. The molecule has 0 aliphatic heterocycles. The number of benzene rings is 3. The van der Waals surface area contributed by atoms with Crippen LogP contribution in [0, 0.1) is 12.8 Å². The summed E-state index contributed by atoms with van der Waals surface area (Å²) in [6.07, 6.45) is 1.90. The van der Waals surface area contributed by atoms with Crippen LogP contribution in [0.15, 0.2) is 72.8 Å². The van der Waals surface area contributed by atoms with E-state index in [-0.39, 0.29) is 24.3 Å². The molecule has 2 amide bonds. The van der Waals surface area contributed by atoms with E-state index in [0.29, 0.717) is 12.3 Å². The molecule has 0 aromatic heterocycles. The molecular formula is C26H27N3O3. The fraction of sp³-hybridized carbons (Fsp3) is 0.231. The van der Waals surface area contributed by atoms with Crippen LogP contribution < -0.4 is 20.7 Å². The first-order chi connectivity index (χ1) is 15.6. The van der Waals surface area contributed by atoms with Gasteiger partial charge < -0.3 is 20.7 Å². The number of carbonyl (C=O) groups is 2. The maximum Gasteiger partial charge on any atom is 0.243 e. The maximum absolute atomic E-state index is 12.5. The van der Waals surface area contributed by atoms with E-state index < -0.39 is 0 Å². The second kappa shape index (κ2) is 10.0. The minimum atomic E-state index is -0.172. The molecule has 4 rings (SSSR count). The van der Waals surface area contributed by atoms with Crippen molar-refractivity contribution in [3.63, 3.8) is 0 Å². The second-order valence-electron chi connectivity index (χ2n) is 7.95. The summed E-state index contributed by atoms with van der Waals surface area (Å²) in [5.41, 5.74) is 4.15. The zero-order valence-corrected chi connectivity index (χ0v) is 18.1. The van der Waals surface area contributed by atoms with Gasteiger partial charge >= 0.3 is 0 Å². The summed E-state index contributed by atoms with van der Waals surface area (Å²) in [4.78, 5) is 24.5. The van der Waals surface area contributed by atoms with E-state index in [9.17, 15) is 9.59 Å². The van der Waals surface area contributed by atoms with Crippen molar-refractivity contribution in [1.82, 2.24) is 0 Å². The Labute approximate surface area is 188 Å². The van der Waals surface area contributed by atoms with Gasteiger partial charge in [0.15, 0.2) is 0 Å². The number of amides is 2. The summed E-state index contributed by atoms with van der Waals surface area (Å²) in [6, 6.07) is 23.0. The molecule has 0 saturated heterocycles. The molecule has 0 atom stereocenters. The Bertz CT molecular complexity index is 1090. The van der Waals surface area contributed by atoms with Crippen LogP contribution in [0.1, 0.15) is 24.0 Å². The Balaban J connectivity index is 1.30. The molecule has 3 aromatic carbocycles. The third kappa shape index (κ3) is 5.88. The lowest BCUT2D eigenvalue weighted by atomic mass is 10.1. The first kappa shape index (κ1) is 21.4. The highest BCUT2D eigenvalue weighted by atomic mass is 16.5. The summed E-state index contributed by atoms with van der Waals surface area (Å²) < 4.78 is 5.84. The van der Waals surface area contributed by atoms with Crippen LogP contribution in [-0.2, 0) is 16.2 Å². The average Bonchev–Trinajstić information content (AvgIpc) is 3.66. The van der Waals surface area contributed by atoms with E-state index in [0.717, 1.165) is 41.1 Å². The number of ether oxygens (including phenoxy) is 1. The Hall–Kier alpha value is -3.80. The minimum absolute atomic E-state index is 0.0487. The molecule has 0 bridgehead atoms. The summed E-state index contributed by atoms with van der Waals surface area (Å²) >= 11 is 0. The zero-order chi connectivity index (χ0) is 22.3. The van der Waals surface area contributed by atoms with E-state index in [1.165, 1.54) is 0 Å². The molecule has 3 aromatic rings. The van der Waals surface area contributed by atoms with E-state index in [1.54, 1.807) is 0 Å². The molecule has 0 unspecified atom stereocenters. The summed E-state index contributed by atoms with van der Waals surface area (Å²) in [7, 11) is 0. The first-order valence-corrected chi connectivity index (χ1v) is 10.8. The van der Waals surface area contributed by atoms with Gasteiger partial charge in [-0.05, 0) is 55.2 Å². The number of rotatable bonds is 9. The van der Waals surface area contributed by atoms with E-state index in [2.05, 4.69) is 16.0 Å². The van der Waals surface area contributed by atoms with Gasteiger partial charge in [0.25, 0.3) is 0 Å². The van der Waals surface area contributed by atoms with Crippen LogP contribution in [-0.4, -0.2) is 18.4 Å². The van der Waals surface area contributed by atoms with Crippen molar-refractivity contribution in [3.05, 3.63) is 83.9 Å². The van der Waals surface area contributed by atoms with Crippen LogP contribution in [0.4, 0.5) is 17.1 Å². The smallest absolute Gasteiger partial charge is 0.243 e. The molecule has 0 spiro atoms. The maximum atomic E-state index is 12.5. The van der Waals surface area contributed by atoms with E-state index >= 15 is 0 Å². The molecule has 3 N–H and O–H groups in total. The van der Waals surface area contributed by atoms with Gasteiger partial charge in [-0.25, -0.2) is 0 Å². The summed E-state index contributed by atoms with van der Waals surface area (Å²) in [6.45, 7) is 2.48. The SMILES string of the molecule is Cc1c(NC(=O)CNc2cccc(OCc3ccccc3)c2)cccc1NC(=O)C1CC1. The molecular weight excluding hydrogens is 402 g/mol. The van der Waals surface area contributed by atoms with Gasteiger partial charge in [-0.3, -0.25) is 9.59 Å². The lowest BCUT2D eigenvalue weighted by molar-refractivity contribution is -0.117. The zero-order valence-electron chi connectivity index (χ0n) is 18.1. The fourth-order valence-corrected chi connectivity index (χ4v) is 3.30. The molecule has 164 valence electrons. The monoisotopic (exact) mass is 429 g/mol. The van der Waals surface area contributed by atoms with Gasteiger partial charge in [0.05, 0.1) is 6.54 Å². The number of hydrogen-bond acceptors (Lipinski definition) is 4. The number of carbonyl (C=O) groups excluding carboxylic acids is 2. The Morgan fingerprint density at radius 3 is 2.38 bits per heavy atom. The van der Waals surface area contributed by atoms with Crippen molar-refractivity contribution in [2.75, 3.05) is 22.5 Å². The van der Waals surface area contributed by atoms with Crippen LogP contribution in [0.5, 0.6) is 5.75 Å². The molecule has 6 nitrogen and oxygen atoms in total. The Morgan fingerprint density at radius 1 is 0.906 bits per heavy atom. The predicted molar refractivity (Wildman–Crippen MR) is 127 cm³/mol. The second-order valence-corrected chi connectivity index (χ2v) is 7.95. The molecule has 1 aliphatic rings. The van der Waals surface area contributed by atoms with Crippen molar-refractivity contribution in [1.29, 1.82) is 0 Å². The summed E-state index contributed by atoms with van der Waals surface area (Å²) in [5.74, 6) is 0.737. The van der Waals surface area contributed by atoms with Gasteiger partial charge in [-0.1, -0.05) is 42.5 Å². The minimum Gasteiger partial charge on any atom is -0.489 e. The molecule has 1 fully saturated rings. The highest BCUT2D eigenvalue weighted by molar-refractivity contribution is 5.98. The predicted octanol–water partition coefficient (Wildman–Crippen LogP) is 4.97. The first-order valence-electron chi connectivity index (χ1n) is 10.8. The highest BCUT2D eigenvalue weighted by Gasteiger charge is 2.29. The Morgan fingerprint density at radius 2 is 1.62 bits per heavy atom. The average molecular weight is 430 g/mol. The topological polar surface area (TPSA) is 79.5 Å². The fourth-order valence-electron chi connectivity index (χ4n) is 3.30. The van der Waals surface area contributed by atoms with Crippen LogP contribution >= 0.6 is 0 Å². The van der Waals surface area contributed by atoms with Crippen molar-refractivity contribution in [2.45, 2.75) is 26.4 Å². The van der Waals surface area contributed by atoms with Gasteiger partial charge in [-0.15, -0.1) is 0 Å². The number of nitrogens with one attached hydrogen (secondary N) is 3. The standard InChI is InChI=1S/C26H27N3O3/c1-18-23(11-6-12-24(18)29-26(31)20-13-14-20)28-25(30)16-27-21-9-5-10-22(15-21)32-17-19-7-3-2-4-8-19/h2-12,15,20,27H,13-14,16-17H2,1H3,(H,28,30)(H,29,31). The van der Waals surface area contributed by atoms with Crippen molar-refractivity contribution >= 4 is 28.9 Å². The van der Waals surface area contributed by atoms with Gasteiger partial charge in [0.1, 0.15) is 12.4 Å². The number of hydrogen-bond donors (Lipinski definition) is 3. The number of anilines is 3. The molecule has 6 heteroatoms.